The van der Waals surface area contributed by atoms with Gasteiger partial charge in [0.15, 0.2) is 0 Å². The van der Waals surface area contributed by atoms with Crippen LogP contribution in [0.15, 0.2) is 23.6 Å². The van der Waals surface area contributed by atoms with E-state index in [1.54, 1.807) is 6.08 Å². The van der Waals surface area contributed by atoms with Gasteiger partial charge in [0.05, 0.1) is 0 Å². The molecule has 1 nitrogen and oxygen atoms in total. The summed E-state index contributed by atoms with van der Waals surface area (Å²) in [5.74, 6) is 0.000602. The lowest BCUT2D eigenvalue weighted by atomic mass is 9.98. The second-order valence-corrected chi connectivity index (χ2v) is 3.44. The summed E-state index contributed by atoms with van der Waals surface area (Å²) in [5, 5.41) is 3.31. The SMILES string of the molecule is FC1=CCCC=C1C1CCCN1. The largest absolute Gasteiger partial charge is 0.310 e. The van der Waals surface area contributed by atoms with Crippen LogP contribution in [0.3, 0.4) is 0 Å². The Morgan fingerprint density at radius 2 is 2.17 bits per heavy atom. The third-order valence-corrected chi connectivity index (χ3v) is 2.57. The third kappa shape index (κ3) is 1.44. The van der Waals surface area contributed by atoms with Crippen molar-refractivity contribution in [3.8, 4) is 0 Å². The molecule has 0 aromatic heterocycles. The molecule has 0 amide bonds. The highest BCUT2D eigenvalue weighted by molar-refractivity contribution is 5.33. The first-order valence-electron chi connectivity index (χ1n) is 4.67. The van der Waals surface area contributed by atoms with Gasteiger partial charge in [-0.3, -0.25) is 0 Å². The van der Waals surface area contributed by atoms with Crippen LogP contribution in [0.25, 0.3) is 0 Å². The Balaban J connectivity index is 2.10. The minimum absolute atomic E-state index is 0.000602. The van der Waals surface area contributed by atoms with Gasteiger partial charge in [0.2, 0.25) is 0 Å². The Morgan fingerprint density at radius 3 is 2.83 bits per heavy atom. The maximum Gasteiger partial charge on any atom is 0.123 e. The summed E-state index contributed by atoms with van der Waals surface area (Å²) in [7, 11) is 0. The van der Waals surface area contributed by atoms with Gasteiger partial charge < -0.3 is 5.32 Å². The molecule has 1 N–H and O–H groups in total. The van der Waals surface area contributed by atoms with Crippen LogP contribution in [-0.4, -0.2) is 12.6 Å². The van der Waals surface area contributed by atoms with E-state index in [9.17, 15) is 4.39 Å². The molecule has 0 aromatic rings. The Hall–Kier alpha value is -0.630. The van der Waals surface area contributed by atoms with E-state index in [0.717, 1.165) is 31.4 Å². The first-order chi connectivity index (χ1) is 5.88. The summed E-state index contributed by atoms with van der Waals surface area (Å²) in [4.78, 5) is 0. The Bertz CT molecular complexity index is 224. The fraction of sp³-hybridized carbons (Fsp3) is 0.600. The highest BCUT2D eigenvalue weighted by atomic mass is 19.1. The maximum absolute atomic E-state index is 13.3. The summed E-state index contributed by atoms with van der Waals surface area (Å²) in [6.07, 6.45) is 7.87. The second kappa shape index (κ2) is 3.40. The van der Waals surface area contributed by atoms with E-state index in [1.807, 2.05) is 6.08 Å². The zero-order valence-electron chi connectivity index (χ0n) is 7.15. The van der Waals surface area contributed by atoms with Crippen LogP contribution in [0.2, 0.25) is 0 Å². The number of nitrogens with one attached hydrogen (secondary N) is 1. The van der Waals surface area contributed by atoms with E-state index < -0.39 is 0 Å². The number of halogens is 1. The van der Waals surface area contributed by atoms with Gasteiger partial charge >= 0.3 is 0 Å². The maximum atomic E-state index is 13.3. The van der Waals surface area contributed by atoms with E-state index in [2.05, 4.69) is 5.32 Å². The molecule has 2 aliphatic rings. The van der Waals surface area contributed by atoms with Crippen LogP contribution in [0.5, 0.6) is 0 Å². The summed E-state index contributed by atoms with van der Waals surface area (Å²) >= 11 is 0. The van der Waals surface area contributed by atoms with Crippen LogP contribution in [0, 0.1) is 0 Å². The van der Waals surface area contributed by atoms with Crippen molar-refractivity contribution in [2.45, 2.75) is 31.7 Å². The van der Waals surface area contributed by atoms with Gasteiger partial charge in [-0.1, -0.05) is 6.08 Å². The number of rotatable bonds is 1. The van der Waals surface area contributed by atoms with Gasteiger partial charge in [-0.15, -0.1) is 0 Å². The van der Waals surface area contributed by atoms with E-state index >= 15 is 0 Å². The third-order valence-electron chi connectivity index (χ3n) is 2.57. The van der Waals surface area contributed by atoms with E-state index in [0.29, 0.717) is 6.04 Å². The predicted molar refractivity (Wildman–Crippen MR) is 47.5 cm³/mol. The van der Waals surface area contributed by atoms with Crippen molar-refractivity contribution in [2.75, 3.05) is 6.54 Å². The monoisotopic (exact) mass is 167 g/mol. The van der Waals surface area contributed by atoms with Crippen molar-refractivity contribution in [1.29, 1.82) is 0 Å². The molecule has 0 bridgehead atoms. The highest BCUT2D eigenvalue weighted by Gasteiger charge is 2.22. The van der Waals surface area contributed by atoms with Gasteiger partial charge in [-0.2, -0.15) is 0 Å². The molecule has 0 radical (unpaired) electrons. The van der Waals surface area contributed by atoms with Crippen LogP contribution in [-0.2, 0) is 0 Å². The average molecular weight is 167 g/mol. The number of allylic oxidation sites excluding steroid dienone is 2. The van der Waals surface area contributed by atoms with Crippen molar-refractivity contribution in [3.63, 3.8) is 0 Å². The lowest BCUT2D eigenvalue weighted by molar-refractivity contribution is 0.581. The lowest BCUT2D eigenvalue weighted by Crippen LogP contribution is -2.24. The molecule has 1 saturated heterocycles. The molecule has 1 aliphatic carbocycles. The molecule has 1 unspecified atom stereocenters. The van der Waals surface area contributed by atoms with Crippen molar-refractivity contribution >= 4 is 0 Å². The predicted octanol–water partition coefficient (Wildman–Crippen LogP) is 2.31. The average Bonchev–Trinajstić information content (AvgIpc) is 2.57. The molecule has 0 spiro atoms. The topological polar surface area (TPSA) is 12.0 Å². The Kier molecular flexibility index (Phi) is 2.26. The first kappa shape index (κ1) is 7.99. The van der Waals surface area contributed by atoms with Gasteiger partial charge in [0.25, 0.3) is 0 Å². The molecular formula is C10H14FN. The van der Waals surface area contributed by atoms with Gasteiger partial charge in [0, 0.05) is 11.6 Å². The molecular weight excluding hydrogens is 153 g/mol. The smallest absolute Gasteiger partial charge is 0.123 e. The standard InChI is InChI=1S/C10H14FN/c11-9-5-2-1-4-8(9)10-6-3-7-12-10/h4-5,10,12H,1-3,6-7H2. The van der Waals surface area contributed by atoms with Gasteiger partial charge in [-0.25, -0.2) is 4.39 Å². The Morgan fingerprint density at radius 1 is 1.33 bits per heavy atom. The summed E-state index contributed by atoms with van der Waals surface area (Å²) in [6, 6.07) is 0.293. The molecule has 1 fully saturated rings. The van der Waals surface area contributed by atoms with Gasteiger partial charge in [-0.05, 0) is 38.3 Å². The molecule has 2 heteroatoms. The van der Waals surface area contributed by atoms with Crippen LogP contribution < -0.4 is 5.32 Å². The molecule has 1 aliphatic heterocycles. The van der Waals surface area contributed by atoms with Crippen LogP contribution in [0.1, 0.15) is 25.7 Å². The van der Waals surface area contributed by atoms with E-state index in [-0.39, 0.29) is 5.83 Å². The number of hydrogen-bond donors (Lipinski definition) is 1. The van der Waals surface area contributed by atoms with E-state index in [1.165, 1.54) is 6.42 Å². The van der Waals surface area contributed by atoms with Crippen molar-refractivity contribution in [1.82, 2.24) is 5.32 Å². The fourth-order valence-corrected chi connectivity index (χ4v) is 1.92. The van der Waals surface area contributed by atoms with Gasteiger partial charge in [0.1, 0.15) is 5.83 Å². The zero-order valence-corrected chi connectivity index (χ0v) is 7.15. The highest BCUT2D eigenvalue weighted by Crippen LogP contribution is 2.26. The van der Waals surface area contributed by atoms with E-state index in [4.69, 9.17) is 0 Å². The summed E-state index contributed by atoms with van der Waals surface area (Å²) in [6.45, 7) is 1.04. The molecule has 0 saturated carbocycles. The quantitative estimate of drug-likeness (QED) is 0.632. The lowest BCUT2D eigenvalue weighted by Gasteiger charge is -2.16. The fourth-order valence-electron chi connectivity index (χ4n) is 1.92. The molecule has 2 rings (SSSR count). The number of hydrogen-bond acceptors (Lipinski definition) is 1. The minimum Gasteiger partial charge on any atom is -0.310 e. The normalized spacial score (nSPS) is 29.9. The zero-order chi connectivity index (χ0) is 8.39. The molecule has 12 heavy (non-hydrogen) atoms. The van der Waals surface area contributed by atoms with Crippen LogP contribution >= 0.6 is 0 Å². The minimum atomic E-state index is 0.000602. The second-order valence-electron chi connectivity index (χ2n) is 3.44. The van der Waals surface area contributed by atoms with Crippen molar-refractivity contribution in [2.24, 2.45) is 0 Å². The first-order valence-corrected chi connectivity index (χ1v) is 4.67. The Labute approximate surface area is 72.3 Å². The molecule has 1 heterocycles. The molecule has 0 aromatic carbocycles. The summed E-state index contributed by atoms with van der Waals surface area (Å²) in [5.41, 5.74) is 0.902. The molecule has 1 atom stereocenters. The van der Waals surface area contributed by atoms with Crippen LogP contribution in [0.4, 0.5) is 4.39 Å². The van der Waals surface area contributed by atoms with Crippen molar-refractivity contribution < 1.29 is 4.39 Å². The summed E-state index contributed by atoms with van der Waals surface area (Å²) < 4.78 is 13.3. The van der Waals surface area contributed by atoms with Crippen molar-refractivity contribution in [3.05, 3.63) is 23.6 Å². The molecule has 66 valence electrons.